The lowest BCUT2D eigenvalue weighted by Crippen LogP contribution is -2.45. The van der Waals surface area contributed by atoms with Gasteiger partial charge in [-0.3, -0.25) is 29.3 Å². The van der Waals surface area contributed by atoms with Crippen LogP contribution in [0.15, 0.2) is 127 Å². The van der Waals surface area contributed by atoms with Crippen molar-refractivity contribution in [3.63, 3.8) is 0 Å². The molecule has 8 rings (SSSR count). The summed E-state index contributed by atoms with van der Waals surface area (Å²) in [5.74, 6) is -4.15. The highest BCUT2D eigenvalue weighted by Gasteiger charge is 2.82. The van der Waals surface area contributed by atoms with E-state index in [1.165, 1.54) is 12.1 Å². The zero-order chi connectivity index (χ0) is 37.9. The molecule has 0 aromatic heterocycles. The number of fused-ring (bicyclic) bond motifs is 5. The summed E-state index contributed by atoms with van der Waals surface area (Å²) in [6, 6.07) is 36.1. The number of nitrogens with zero attached hydrogens (tertiary/aromatic N) is 2. The quantitative estimate of drug-likeness (QED) is 0.0533. The molecule has 54 heavy (non-hydrogen) atoms. The van der Waals surface area contributed by atoms with E-state index in [1.54, 1.807) is 87.0 Å². The van der Waals surface area contributed by atoms with Gasteiger partial charge in [0.1, 0.15) is 11.5 Å². The lowest BCUT2D eigenvalue weighted by atomic mass is 9.59. The van der Waals surface area contributed by atoms with Crippen LogP contribution >= 0.6 is 0 Å². The molecule has 1 heterocycles. The molecule has 4 atom stereocenters. The highest BCUT2D eigenvalue weighted by Crippen LogP contribution is 2.74. The van der Waals surface area contributed by atoms with E-state index in [0.717, 1.165) is 17.9 Å². The van der Waals surface area contributed by atoms with E-state index in [2.05, 4.69) is 0 Å². The van der Waals surface area contributed by atoms with Gasteiger partial charge in [-0.2, -0.15) is 0 Å². The maximum Gasteiger partial charge on any atom is 0.313 e. The number of hydrogen-bond donors (Lipinski definition) is 0. The van der Waals surface area contributed by atoms with Crippen LogP contribution in [0.3, 0.4) is 0 Å². The van der Waals surface area contributed by atoms with Crippen LogP contribution in [0.25, 0.3) is 11.1 Å². The fourth-order valence-electron chi connectivity index (χ4n) is 8.92. The van der Waals surface area contributed by atoms with Crippen molar-refractivity contribution in [2.75, 3.05) is 19.1 Å². The molecule has 3 aliphatic rings. The number of imide groups is 1. The first-order valence-corrected chi connectivity index (χ1v) is 17.1. The normalized spacial score (nSPS) is 22.7. The van der Waals surface area contributed by atoms with Crippen molar-refractivity contribution in [3.8, 4) is 17.2 Å². The minimum Gasteiger partial charge on any atom is -0.497 e. The van der Waals surface area contributed by atoms with Gasteiger partial charge in [0.25, 0.3) is 0 Å². The molecule has 0 radical (unpaired) electrons. The number of Topliss-reactive ketones (excluding diaryl/α,β-unsaturated/α-hetero) is 1. The Bertz CT molecular complexity index is 2280. The molecular weight excluding hydrogens is 688 g/mol. The van der Waals surface area contributed by atoms with Crippen LogP contribution in [0.5, 0.6) is 17.2 Å². The Morgan fingerprint density at radius 1 is 0.667 bits per heavy atom. The molecule has 2 amide bonds. The third kappa shape index (κ3) is 4.60. The average molecular weight is 721 g/mol. The predicted molar refractivity (Wildman–Crippen MR) is 198 cm³/mol. The van der Waals surface area contributed by atoms with E-state index >= 15 is 14.4 Å². The predicted octanol–water partition coefficient (Wildman–Crippen LogP) is 6.73. The van der Waals surface area contributed by atoms with Gasteiger partial charge < -0.3 is 14.2 Å². The summed E-state index contributed by atoms with van der Waals surface area (Å²) in [6.07, 6.45) is 0. The fourth-order valence-corrected chi connectivity index (χ4v) is 8.92. The van der Waals surface area contributed by atoms with Crippen LogP contribution in [0, 0.1) is 22.0 Å². The van der Waals surface area contributed by atoms with Gasteiger partial charge in [0.05, 0.1) is 47.5 Å². The first-order valence-electron chi connectivity index (χ1n) is 17.1. The van der Waals surface area contributed by atoms with Crippen LogP contribution < -0.4 is 19.1 Å². The van der Waals surface area contributed by atoms with Crippen LogP contribution in [0.2, 0.25) is 0 Å². The molecule has 268 valence electrons. The van der Waals surface area contributed by atoms with Crippen molar-refractivity contribution in [1.29, 1.82) is 0 Å². The van der Waals surface area contributed by atoms with Crippen LogP contribution in [0.1, 0.15) is 29.2 Å². The van der Waals surface area contributed by atoms with Crippen molar-refractivity contribution in [2.45, 2.75) is 17.8 Å². The van der Waals surface area contributed by atoms with E-state index in [9.17, 15) is 14.9 Å². The molecule has 2 fully saturated rings. The third-order valence-electron chi connectivity index (χ3n) is 10.9. The highest BCUT2D eigenvalue weighted by atomic mass is 16.6. The SMILES string of the molecule is COc1ccc(C2=C(c3ccc(OC)cc3)[C@@]3(c4ccccc4)C(=O)[C@@]2(c2ccccc2)[C@@H]2C(=O)N(c4ccc(OC(C)=O)c([N+](=O)[O-])c4)C(=O)[C@H]23)cc1. The highest BCUT2D eigenvalue weighted by molar-refractivity contribution is 6.39. The molecule has 2 bridgehead atoms. The summed E-state index contributed by atoms with van der Waals surface area (Å²) >= 11 is 0. The van der Waals surface area contributed by atoms with Gasteiger partial charge in [0.15, 0.2) is 5.78 Å². The van der Waals surface area contributed by atoms with E-state index in [-0.39, 0.29) is 17.2 Å². The largest absolute Gasteiger partial charge is 0.497 e. The van der Waals surface area contributed by atoms with E-state index in [0.29, 0.717) is 44.9 Å². The zero-order valence-corrected chi connectivity index (χ0v) is 29.3. The second-order valence-electron chi connectivity index (χ2n) is 13.4. The van der Waals surface area contributed by atoms with Crippen molar-refractivity contribution >= 4 is 46.1 Å². The minimum absolute atomic E-state index is 0.0859. The molecule has 0 N–H and O–H groups in total. The number of ketones is 1. The Hall–Kier alpha value is -6.88. The lowest BCUT2D eigenvalue weighted by Gasteiger charge is -2.39. The molecule has 0 spiro atoms. The number of ether oxygens (including phenoxy) is 3. The third-order valence-corrected chi connectivity index (χ3v) is 10.9. The number of nitro groups is 1. The smallest absolute Gasteiger partial charge is 0.313 e. The van der Waals surface area contributed by atoms with Gasteiger partial charge in [0, 0.05) is 13.0 Å². The molecule has 5 aromatic rings. The Morgan fingerprint density at radius 2 is 1.11 bits per heavy atom. The van der Waals surface area contributed by atoms with Crippen LogP contribution in [-0.4, -0.2) is 42.7 Å². The molecule has 0 unspecified atom stereocenters. The van der Waals surface area contributed by atoms with E-state index in [4.69, 9.17) is 14.2 Å². The van der Waals surface area contributed by atoms with Gasteiger partial charge >= 0.3 is 11.7 Å². The summed E-state index contributed by atoms with van der Waals surface area (Å²) in [5.41, 5.74) is -0.610. The first kappa shape index (κ1) is 34.2. The maximum atomic E-state index is 16.1. The molecule has 11 heteroatoms. The second kappa shape index (κ2) is 12.7. The number of benzene rings is 5. The zero-order valence-electron chi connectivity index (χ0n) is 29.3. The van der Waals surface area contributed by atoms with Crippen molar-refractivity contribution < 1.29 is 38.3 Å². The van der Waals surface area contributed by atoms with Crippen molar-refractivity contribution in [1.82, 2.24) is 0 Å². The number of amides is 2. The Kier molecular flexibility index (Phi) is 8.02. The Labute approximate surface area is 309 Å². The fraction of sp³-hybridized carbons (Fsp3) is 0.163. The second-order valence-corrected chi connectivity index (χ2v) is 13.4. The van der Waals surface area contributed by atoms with Gasteiger partial charge in [-0.15, -0.1) is 0 Å². The topological polar surface area (TPSA) is 142 Å². The maximum absolute atomic E-state index is 16.1. The number of methoxy groups -OCH3 is 2. The van der Waals surface area contributed by atoms with Gasteiger partial charge in [-0.05, 0) is 69.8 Å². The minimum atomic E-state index is -1.70. The summed E-state index contributed by atoms with van der Waals surface area (Å²) < 4.78 is 16.1. The van der Waals surface area contributed by atoms with Gasteiger partial charge in [0.2, 0.25) is 17.6 Å². The lowest BCUT2D eigenvalue weighted by molar-refractivity contribution is -0.385. The van der Waals surface area contributed by atoms with E-state index < -0.39 is 51.1 Å². The monoisotopic (exact) mass is 720 g/mol. The summed E-state index contributed by atoms with van der Waals surface area (Å²) in [5, 5.41) is 12.2. The molecule has 2 aliphatic carbocycles. The molecular formula is C43H32N2O9. The van der Waals surface area contributed by atoms with E-state index in [1.807, 2.05) is 36.4 Å². The number of esters is 1. The Morgan fingerprint density at radius 3 is 1.50 bits per heavy atom. The summed E-state index contributed by atoms with van der Waals surface area (Å²) in [4.78, 5) is 70.8. The Balaban J connectivity index is 1.49. The average Bonchev–Trinajstić information content (AvgIpc) is 3.70. The number of allylic oxidation sites excluding steroid dienone is 2. The number of carbonyl (C=O) groups excluding carboxylic acids is 4. The first-order chi connectivity index (χ1) is 26.1. The summed E-state index contributed by atoms with van der Waals surface area (Å²) in [7, 11) is 3.11. The van der Waals surface area contributed by atoms with Gasteiger partial charge in [-0.25, -0.2) is 4.90 Å². The van der Waals surface area contributed by atoms with Crippen molar-refractivity contribution in [2.24, 2.45) is 11.8 Å². The number of hydrogen-bond acceptors (Lipinski definition) is 9. The van der Waals surface area contributed by atoms with Gasteiger partial charge in [-0.1, -0.05) is 84.9 Å². The molecule has 1 aliphatic heterocycles. The standard InChI is InChI=1S/C43H32N2O9/c1-25(46)54-34-23-18-30(24-33(34)45(50)51)44-39(47)37-38(40(44)48)43(29-12-8-5-9-13-29)36(27-16-21-32(53-3)22-17-27)35(26-14-19-31(52-2)20-15-26)42(37,41(43)49)28-10-6-4-7-11-28/h4-24,37-38H,1-3H3/t37-,38-,42+,43+/m0/s1. The number of rotatable bonds is 9. The van der Waals surface area contributed by atoms with Crippen LogP contribution in [0.4, 0.5) is 11.4 Å². The number of carbonyl (C=O) groups is 4. The molecule has 5 aromatic carbocycles. The molecule has 1 saturated carbocycles. The molecule has 1 saturated heterocycles. The van der Waals surface area contributed by atoms with Crippen LogP contribution in [-0.2, 0) is 30.0 Å². The molecule has 11 nitrogen and oxygen atoms in total. The number of nitro benzene ring substituents is 1. The summed E-state index contributed by atoms with van der Waals surface area (Å²) in [6.45, 7) is 1.11. The van der Waals surface area contributed by atoms with Crippen molar-refractivity contribution in [3.05, 3.63) is 160 Å². The number of anilines is 1.